The normalized spacial score (nSPS) is 10.9. The second-order valence-corrected chi connectivity index (χ2v) is 6.51. The molecule has 0 spiro atoms. The van der Waals surface area contributed by atoms with Gasteiger partial charge in [-0.05, 0) is 30.3 Å². The molecule has 146 valence electrons. The summed E-state index contributed by atoms with van der Waals surface area (Å²) < 4.78 is 5.23. The van der Waals surface area contributed by atoms with Crippen LogP contribution in [0.15, 0.2) is 52.0 Å². The van der Waals surface area contributed by atoms with Crippen molar-refractivity contribution in [2.45, 2.75) is 6.42 Å². The Balaban J connectivity index is 1.50. The first-order chi connectivity index (χ1) is 14.0. The molecule has 11 heteroatoms. The zero-order valence-corrected chi connectivity index (χ0v) is 15.5. The number of H-pyrrole nitrogens is 1. The first-order valence-electron chi connectivity index (χ1n) is 8.49. The van der Waals surface area contributed by atoms with E-state index in [1.807, 2.05) is 0 Å². The minimum absolute atomic E-state index is 0.147. The van der Waals surface area contributed by atoms with E-state index in [1.165, 1.54) is 18.5 Å². The van der Waals surface area contributed by atoms with Crippen LogP contribution in [0.25, 0.3) is 22.3 Å². The molecule has 2 aromatic heterocycles. The van der Waals surface area contributed by atoms with E-state index in [1.54, 1.807) is 24.3 Å². The maximum Gasteiger partial charge on any atom is 0.293 e. The first kappa shape index (κ1) is 18.6. The molecule has 0 saturated heterocycles. The molecule has 0 radical (unpaired) electrons. The van der Waals surface area contributed by atoms with Crippen LogP contribution in [-0.2, 0) is 6.42 Å². The summed E-state index contributed by atoms with van der Waals surface area (Å²) in [6.07, 6.45) is 1.59. The van der Waals surface area contributed by atoms with Gasteiger partial charge in [-0.3, -0.25) is 14.9 Å². The topological polar surface area (TPSA) is 140 Å². The summed E-state index contributed by atoms with van der Waals surface area (Å²) in [7, 11) is 0. The number of hydrogen-bond acceptors (Lipinski definition) is 8. The van der Waals surface area contributed by atoms with Gasteiger partial charge in [-0.1, -0.05) is 16.8 Å². The average Bonchev–Trinajstić information content (AvgIpc) is 3.17. The van der Waals surface area contributed by atoms with Crippen LogP contribution in [0, 0.1) is 10.1 Å². The highest BCUT2D eigenvalue weighted by Gasteiger charge is 2.17. The number of hydrogen-bond donors (Lipinski definition) is 2. The molecule has 0 aliphatic heterocycles. The Kier molecular flexibility index (Phi) is 4.92. The average molecular weight is 413 g/mol. The highest BCUT2D eigenvalue weighted by atomic mass is 35.5. The molecule has 0 bridgehead atoms. The number of nitro benzene ring substituents is 1. The van der Waals surface area contributed by atoms with Gasteiger partial charge >= 0.3 is 0 Å². The van der Waals surface area contributed by atoms with Crippen molar-refractivity contribution in [2.24, 2.45) is 0 Å². The van der Waals surface area contributed by atoms with Gasteiger partial charge in [-0.2, -0.15) is 4.98 Å². The summed E-state index contributed by atoms with van der Waals surface area (Å²) in [5.41, 5.74) is 0.704. The van der Waals surface area contributed by atoms with Crippen LogP contribution in [0.5, 0.6) is 0 Å². The van der Waals surface area contributed by atoms with Gasteiger partial charge < -0.3 is 14.8 Å². The Labute approximate surface area is 167 Å². The number of benzene rings is 2. The summed E-state index contributed by atoms with van der Waals surface area (Å²) in [5.74, 6) is 0.803. The lowest BCUT2D eigenvalue weighted by Gasteiger charge is -2.07. The summed E-state index contributed by atoms with van der Waals surface area (Å²) >= 11 is 5.87. The number of fused-ring (bicyclic) bond motifs is 1. The van der Waals surface area contributed by atoms with Crippen LogP contribution in [0.1, 0.15) is 5.89 Å². The molecule has 4 rings (SSSR count). The number of anilines is 1. The molecule has 0 saturated carbocycles. The number of aromatic amines is 1. The summed E-state index contributed by atoms with van der Waals surface area (Å²) in [5, 5.41) is 19.0. The van der Waals surface area contributed by atoms with E-state index in [0.29, 0.717) is 35.2 Å². The van der Waals surface area contributed by atoms with Gasteiger partial charge in [-0.15, -0.1) is 0 Å². The maximum atomic E-state index is 11.8. The van der Waals surface area contributed by atoms with E-state index in [-0.39, 0.29) is 16.8 Å². The molecule has 0 aliphatic rings. The van der Waals surface area contributed by atoms with E-state index in [2.05, 4.69) is 25.4 Å². The van der Waals surface area contributed by atoms with Crippen LogP contribution in [0.3, 0.4) is 0 Å². The molecule has 10 nitrogen and oxygen atoms in total. The van der Waals surface area contributed by atoms with E-state index in [0.717, 1.165) is 5.56 Å². The number of nitrogens with one attached hydrogen (secondary N) is 2. The minimum atomic E-state index is -0.556. The second kappa shape index (κ2) is 7.68. The molecule has 2 aromatic carbocycles. The fourth-order valence-electron chi connectivity index (χ4n) is 2.77. The Morgan fingerprint density at radius 2 is 2.03 bits per heavy atom. The third-order valence-electron chi connectivity index (χ3n) is 4.18. The van der Waals surface area contributed by atoms with Gasteiger partial charge in [0.25, 0.3) is 11.2 Å². The van der Waals surface area contributed by atoms with Crippen LogP contribution < -0.4 is 10.9 Å². The predicted molar refractivity (Wildman–Crippen MR) is 106 cm³/mol. The minimum Gasteiger partial charge on any atom is -0.379 e. The van der Waals surface area contributed by atoms with Crippen molar-refractivity contribution in [3.8, 4) is 11.4 Å². The van der Waals surface area contributed by atoms with Gasteiger partial charge in [0.05, 0.1) is 22.2 Å². The lowest BCUT2D eigenvalue weighted by atomic mass is 10.2. The van der Waals surface area contributed by atoms with Crippen molar-refractivity contribution in [3.05, 3.63) is 74.1 Å². The lowest BCUT2D eigenvalue weighted by Crippen LogP contribution is -2.10. The Bertz CT molecular complexity index is 1250. The number of halogens is 1. The van der Waals surface area contributed by atoms with Crippen molar-refractivity contribution in [1.29, 1.82) is 0 Å². The van der Waals surface area contributed by atoms with E-state index < -0.39 is 10.5 Å². The van der Waals surface area contributed by atoms with E-state index in [9.17, 15) is 14.9 Å². The van der Waals surface area contributed by atoms with Crippen molar-refractivity contribution < 1.29 is 9.45 Å². The number of nitrogens with zero attached hydrogens (tertiary/aromatic N) is 4. The summed E-state index contributed by atoms with van der Waals surface area (Å²) in [6.45, 7) is 0.303. The zero-order valence-electron chi connectivity index (χ0n) is 14.8. The van der Waals surface area contributed by atoms with Crippen LogP contribution in [0.4, 0.5) is 11.4 Å². The standard InChI is InChI=1S/C18H13ClN6O4/c19-11-3-1-10(2-4-11)17-23-16(29-24-17)5-6-20-14-8-13-12(7-15(14)25(27)28)18(26)22-9-21-13/h1-4,7-9,20H,5-6H2,(H,21,22,26). The van der Waals surface area contributed by atoms with Crippen LogP contribution in [0.2, 0.25) is 5.02 Å². The van der Waals surface area contributed by atoms with Crippen molar-refractivity contribution >= 4 is 33.9 Å². The van der Waals surface area contributed by atoms with E-state index in [4.69, 9.17) is 16.1 Å². The first-order valence-corrected chi connectivity index (χ1v) is 8.87. The largest absolute Gasteiger partial charge is 0.379 e. The summed E-state index contributed by atoms with van der Waals surface area (Å²) in [6, 6.07) is 9.69. The molecule has 0 amide bonds. The Morgan fingerprint density at radius 3 is 2.79 bits per heavy atom. The van der Waals surface area contributed by atoms with Crippen molar-refractivity contribution in [2.75, 3.05) is 11.9 Å². The molecule has 2 heterocycles. The molecule has 29 heavy (non-hydrogen) atoms. The van der Waals surface area contributed by atoms with Crippen LogP contribution >= 0.6 is 11.6 Å². The molecule has 0 atom stereocenters. The molecule has 4 aromatic rings. The monoisotopic (exact) mass is 412 g/mol. The predicted octanol–water partition coefficient (Wildman–Crippen LogP) is 3.19. The maximum absolute atomic E-state index is 11.8. The second-order valence-electron chi connectivity index (χ2n) is 6.07. The number of rotatable bonds is 6. The van der Waals surface area contributed by atoms with Gasteiger partial charge in [0, 0.05) is 29.6 Å². The van der Waals surface area contributed by atoms with Gasteiger partial charge in [-0.25, -0.2) is 4.98 Å². The molecule has 0 fully saturated rings. The van der Waals surface area contributed by atoms with Gasteiger partial charge in [0.15, 0.2) is 0 Å². The van der Waals surface area contributed by atoms with Crippen molar-refractivity contribution in [3.63, 3.8) is 0 Å². The zero-order chi connectivity index (χ0) is 20.4. The Morgan fingerprint density at radius 1 is 1.24 bits per heavy atom. The van der Waals surface area contributed by atoms with Gasteiger partial charge in [0.2, 0.25) is 11.7 Å². The fraction of sp³-hybridized carbons (Fsp3) is 0.111. The molecular formula is C18H13ClN6O4. The highest BCUT2D eigenvalue weighted by molar-refractivity contribution is 6.30. The lowest BCUT2D eigenvalue weighted by molar-refractivity contribution is -0.383. The molecular weight excluding hydrogens is 400 g/mol. The molecule has 0 aliphatic carbocycles. The fourth-order valence-corrected chi connectivity index (χ4v) is 2.90. The quantitative estimate of drug-likeness (QED) is 0.363. The van der Waals surface area contributed by atoms with Gasteiger partial charge in [0.1, 0.15) is 5.69 Å². The van der Waals surface area contributed by atoms with Crippen LogP contribution in [-0.4, -0.2) is 31.6 Å². The SMILES string of the molecule is O=c1[nH]cnc2cc(NCCc3nc(-c4ccc(Cl)cc4)no3)c([N+](=O)[O-])cc12. The smallest absolute Gasteiger partial charge is 0.293 e. The third-order valence-corrected chi connectivity index (χ3v) is 4.43. The van der Waals surface area contributed by atoms with Crippen molar-refractivity contribution in [1.82, 2.24) is 20.1 Å². The third kappa shape index (κ3) is 3.92. The Hall–Kier alpha value is -3.79. The molecule has 2 N–H and O–H groups in total. The van der Waals surface area contributed by atoms with E-state index >= 15 is 0 Å². The molecule has 0 unspecified atom stereocenters. The highest BCUT2D eigenvalue weighted by Crippen LogP contribution is 2.28. The number of nitro groups is 1. The summed E-state index contributed by atoms with van der Waals surface area (Å²) in [4.78, 5) is 33.4. The number of aromatic nitrogens is 4.